The van der Waals surface area contributed by atoms with Gasteiger partial charge in [-0.3, -0.25) is 4.79 Å². The van der Waals surface area contributed by atoms with Crippen LogP contribution in [0.3, 0.4) is 0 Å². The normalized spacial score (nSPS) is 12.6. The monoisotopic (exact) mass is 427 g/mol. The summed E-state index contributed by atoms with van der Waals surface area (Å²) < 4.78 is 24.5. The van der Waals surface area contributed by atoms with Gasteiger partial charge in [-0.15, -0.1) is 0 Å². The molecule has 0 saturated heterocycles. The van der Waals surface area contributed by atoms with Crippen LogP contribution >= 0.6 is 12.2 Å². The molecule has 0 bridgehead atoms. The molecule has 2 heterocycles. The number of nitrogens with zero attached hydrogens (tertiary/aromatic N) is 1. The van der Waals surface area contributed by atoms with E-state index in [-0.39, 0.29) is 11.4 Å². The van der Waals surface area contributed by atoms with Crippen LogP contribution in [-0.4, -0.2) is 34.8 Å². The number of halogens is 1. The SMILES string of the molecule is CCNC(=S)N(Cc1ccc(F)cc1)Cc1cc2cc3c(cc2[nH]c1=O)OCCO3. The maximum Gasteiger partial charge on any atom is 0.253 e. The number of rotatable bonds is 5. The maximum absolute atomic E-state index is 13.3. The average molecular weight is 428 g/mol. The van der Waals surface area contributed by atoms with Crippen molar-refractivity contribution >= 4 is 28.2 Å². The van der Waals surface area contributed by atoms with E-state index in [1.807, 2.05) is 24.0 Å². The largest absolute Gasteiger partial charge is 0.486 e. The molecule has 0 atom stereocenters. The molecule has 0 saturated carbocycles. The molecule has 0 fully saturated rings. The number of nitrogens with one attached hydrogen (secondary N) is 2. The van der Waals surface area contributed by atoms with Crippen LogP contribution in [0.1, 0.15) is 18.1 Å². The Morgan fingerprint density at radius 1 is 1.13 bits per heavy atom. The fourth-order valence-corrected chi connectivity index (χ4v) is 3.66. The van der Waals surface area contributed by atoms with Crippen molar-refractivity contribution in [2.24, 2.45) is 0 Å². The van der Waals surface area contributed by atoms with E-state index in [9.17, 15) is 9.18 Å². The summed E-state index contributed by atoms with van der Waals surface area (Å²) in [4.78, 5) is 17.6. The van der Waals surface area contributed by atoms with Crippen molar-refractivity contribution in [3.05, 3.63) is 69.8 Å². The Balaban J connectivity index is 1.65. The van der Waals surface area contributed by atoms with Crippen LogP contribution < -0.4 is 20.3 Å². The predicted octanol–water partition coefficient (Wildman–Crippen LogP) is 3.34. The molecule has 4 rings (SSSR count). The molecule has 0 radical (unpaired) electrons. The van der Waals surface area contributed by atoms with E-state index in [1.54, 1.807) is 18.2 Å². The van der Waals surface area contributed by atoms with Crippen molar-refractivity contribution in [2.45, 2.75) is 20.0 Å². The van der Waals surface area contributed by atoms with Crippen LogP contribution in [-0.2, 0) is 13.1 Å². The van der Waals surface area contributed by atoms with E-state index in [0.717, 1.165) is 10.9 Å². The second-order valence-electron chi connectivity index (χ2n) is 7.02. The maximum atomic E-state index is 13.3. The summed E-state index contributed by atoms with van der Waals surface area (Å²) in [6.45, 7) is 4.36. The van der Waals surface area contributed by atoms with E-state index in [4.69, 9.17) is 21.7 Å². The lowest BCUT2D eigenvalue weighted by molar-refractivity contribution is 0.172. The third kappa shape index (κ3) is 4.38. The minimum Gasteiger partial charge on any atom is -0.486 e. The standard InChI is InChI=1S/C22H22FN3O3S/c1-2-24-22(30)26(12-14-3-5-17(23)6-4-14)13-16-9-15-10-19-20(29-8-7-28-19)11-18(15)25-21(16)27/h3-6,9-11H,2,7-8,12-13H2,1H3,(H,24,30)(H,25,27). The van der Waals surface area contributed by atoms with Gasteiger partial charge in [-0.1, -0.05) is 12.1 Å². The lowest BCUT2D eigenvalue weighted by Gasteiger charge is -2.26. The van der Waals surface area contributed by atoms with Crippen LogP contribution in [0.4, 0.5) is 4.39 Å². The first-order valence-electron chi connectivity index (χ1n) is 9.76. The van der Waals surface area contributed by atoms with Gasteiger partial charge in [0.05, 0.1) is 12.1 Å². The Morgan fingerprint density at radius 3 is 2.53 bits per heavy atom. The van der Waals surface area contributed by atoms with E-state index in [2.05, 4.69) is 10.3 Å². The van der Waals surface area contributed by atoms with Gasteiger partial charge in [-0.05, 0) is 49.0 Å². The van der Waals surface area contributed by atoms with Crippen molar-refractivity contribution in [1.29, 1.82) is 0 Å². The summed E-state index contributed by atoms with van der Waals surface area (Å²) in [6, 6.07) is 11.8. The molecule has 3 aromatic rings. The molecule has 1 aromatic heterocycles. The second-order valence-corrected chi connectivity index (χ2v) is 7.41. The number of pyridine rings is 1. The van der Waals surface area contributed by atoms with Gasteiger partial charge < -0.3 is 24.7 Å². The Kier molecular flexibility index (Phi) is 5.85. The van der Waals surface area contributed by atoms with E-state index < -0.39 is 0 Å². The highest BCUT2D eigenvalue weighted by Crippen LogP contribution is 2.33. The minimum absolute atomic E-state index is 0.192. The average Bonchev–Trinajstić information content (AvgIpc) is 2.74. The first-order chi connectivity index (χ1) is 14.5. The molecule has 6 nitrogen and oxygen atoms in total. The number of H-pyrrole nitrogens is 1. The summed E-state index contributed by atoms with van der Waals surface area (Å²) >= 11 is 5.51. The summed E-state index contributed by atoms with van der Waals surface area (Å²) in [5, 5.41) is 4.51. The molecular weight excluding hydrogens is 405 g/mol. The number of ether oxygens (including phenoxy) is 2. The number of fused-ring (bicyclic) bond motifs is 2. The molecule has 2 N–H and O–H groups in total. The zero-order valence-electron chi connectivity index (χ0n) is 16.5. The topological polar surface area (TPSA) is 66.6 Å². The Hall–Kier alpha value is -3.13. The van der Waals surface area contributed by atoms with E-state index >= 15 is 0 Å². The molecule has 156 valence electrons. The third-order valence-electron chi connectivity index (χ3n) is 4.85. The number of hydrogen-bond donors (Lipinski definition) is 2. The van der Waals surface area contributed by atoms with E-state index in [1.165, 1.54) is 12.1 Å². The molecule has 1 aliphatic heterocycles. The van der Waals surface area contributed by atoms with Gasteiger partial charge >= 0.3 is 0 Å². The summed E-state index contributed by atoms with van der Waals surface area (Å²) in [5.74, 6) is 1.00. The smallest absolute Gasteiger partial charge is 0.253 e. The molecule has 0 aliphatic carbocycles. The van der Waals surface area contributed by atoms with Crippen molar-refractivity contribution < 1.29 is 13.9 Å². The molecule has 1 aliphatic rings. The van der Waals surface area contributed by atoms with Gasteiger partial charge in [0, 0.05) is 30.1 Å². The molecular formula is C22H22FN3O3S. The highest BCUT2D eigenvalue weighted by molar-refractivity contribution is 7.80. The first-order valence-corrected chi connectivity index (χ1v) is 10.2. The summed E-state index contributed by atoms with van der Waals surface area (Å²) in [5.41, 5.74) is 1.96. The number of aromatic nitrogens is 1. The third-order valence-corrected chi connectivity index (χ3v) is 5.25. The van der Waals surface area contributed by atoms with Gasteiger partial charge in [0.1, 0.15) is 19.0 Å². The number of thiocarbonyl (C=S) groups is 1. The fraction of sp³-hybridized carbons (Fsp3) is 0.273. The minimum atomic E-state index is -0.292. The Morgan fingerprint density at radius 2 is 1.83 bits per heavy atom. The fourth-order valence-electron chi connectivity index (χ4n) is 3.38. The number of hydrogen-bond acceptors (Lipinski definition) is 4. The van der Waals surface area contributed by atoms with Crippen LogP contribution in [0.25, 0.3) is 10.9 Å². The summed E-state index contributed by atoms with van der Waals surface area (Å²) in [6.07, 6.45) is 0. The van der Waals surface area contributed by atoms with Crippen LogP contribution in [0, 0.1) is 5.82 Å². The molecule has 0 spiro atoms. The van der Waals surface area contributed by atoms with Crippen molar-refractivity contribution in [3.63, 3.8) is 0 Å². The molecule has 2 aromatic carbocycles. The highest BCUT2D eigenvalue weighted by atomic mass is 32.1. The quantitative estimate of drug-likeness (QED) is 0.609. The van der Waals surface area contributed by atoms with Gasteiger partial charge in [0.15, 0.2) is 16.6 Å². The van der Waals surface area contributed by atoms with Crippen molar-refractivity contribution in [3.8, 4) is 11.5 Å². The predicted molar refractivity (Wildman–Crippen MR) is 117 cm³/mol. The Bertz CT molecular complexity index is 1130. The molecule has 0 amide bonds. The van der Waals surface area contributed by atoms with Gasteiger partial charge in [0.25, 0.3) is 5.56 Å². The lowest BCUT2D eigenvalue weighted by atomic mass is 10.1. The van der Waals surface area contributed by atoms with E-state index in [0.29, 0.717) is 60.5 Å². The molecule has 30 heavy (non-hydrogen) atoms. The first kappa shape index (κ1) is 20.2. The Labute approximate surface area is 178 Å². The van der Waals surface area contributed by atoms with Gasteiger partial charge in [0.2, 0.25) is 0 Å². The zero-order valence-corrected chi connectivity index (χ0v) is 17.4. The van der Waals surface area contributed by atoms with Crippen LogP contribution in [0.15, 0.2) is 47.3 Å². The zero-order chi connectivity index (χ0) is 21.1. The number of benzene rings is 2. The van der Waals surface area contributed by atoms with Crippen LogP contribution in [0.2, 0.25) is 0 Å². The summed E-state index contributed by atoms with van der Waals surface area (Å²) in [7, 11) is 0. The van der Waals surface area contributed by atoms with Crippen molar-refractivity contribution in [1.82, 2.24) is 15.2 Å². The number of aromatic amines is 1. The van der Waals surface area contributed by atoms with Crippen molar-refractivity contribution in [2.75, 3.05) is 19.8 Å². The molecule has 8 heteroatoms. The van der Waals surface area contributed by atoms with Crippen LogP contribution in [0.5, 0.6) is 11.5 Å². The highest BCUT2D eigenvalue weighted by Gasteiger charge is 2.17. The lowest BCUT2D eigenvalue weighted by Crippen LogP contribution is -2.39. The molecule has 0 unspecified atom stereocenters. The second kappa shape index (κ2) is 8.71. The van der Waals surface area contributed by atoms with Gasteiger partial charge in [-0.2, -0.15) is 0 Å². The van der Waals surface area contributed by atoms with Gasteiger partial charge in [-0.25, -0.2) is 4.39 Å².